The average molecular weight is 368 g/mol. The van der Waals surface area contributed by atoms with E-state index in [2.05, 4.69) is 5.32 Å². The van der Waals surface area contributed by atoms with Crippen molar-refractivity contribution in [2.75, 3.05) is 14.2 Å². The Bertz CT molecular complexity index is 893. The van der Waals surface area contributed by atoms with Crippen LogP contribution in [0.15, 0.2) is 59.8 Å². The summed E-state index contributed by atoms with van der Waals surface area (Å²) >= 11 is 5.41. The zero-order chi connectivity index (χ0) is 18.8. The van der Waals surface area contributed by atoms with Crippen molar-refractivity contribution in [3.05, 3.63) is 70.9 Å². The second kappa shape index (κ2) is 7.17. The van der Waals surface area contributed by atoms with Crippen LogP contribution in [0.25, 0.3) is 0 Å². The summed E-state index contributed by atoms with van der Waals surface area (Å²) in [6.07, 6.45) is 0. The summed E-state index contributed by atoms with van der Waals surface area (Å²) in [4.78, 5) is 15.0. The molecule has 5 nitrogen and oxygen atoms in total. The normalized spacial score (nSPS) is 17.1. The first-order chi connectivity index (χ1) is 12.4. The van der Waals surface area contributed by atoms with Gasteiger partial charge in [0.25, 0.3) is 0 Å². The molecule has 0 bridgehead atoms. The Labute approximate surface area is 157 Å². The van der Waals surface area contributed by atoms with Gasteiger partial charge in [0.2, 0.25) is 0 Å². The van der Waals surface area contributed by atoms with Gasteiger partial charge < -0.3 is 20.1 Å². The Morgan fingerprint density at radius 2 is 1.92 bits per heavy atom. The first-order valence-corrected chi connectivity index (χ1v) is 8.56. The number of Topliss-reactive ketones (excluding diaryl/α,β-unsaturated/α-hetero) is 1. The van der Waals surface area contributed by atoms with E-state index in [4.69, 9.17) is 17.0 Å². The van der Waals surface area contributed by atoms with Crippen molar-refractivity contribution < 1.29 is 14.6 Å². The summed E-state index contributed by atoms with van der Waals surface area (Å²) in [5, 5.41) is 13.6. The van der Waals surface area contributed by atoms with Crippen LogP contribution >= 0.6 is 12.2 Å². The number of nitrogens with one attached hydrogen (secondary N) is 1. The highest BCUT2D eigenvalue weighted by Crippen LogP contribution is 2.36. The van der Waals surface area contributed by atoms with Crippen molar-refractivity contribution in [3.63, 3.8) is 0 Å². The topological polar surface area (TPSA) is 61.8 Å². The number of nitrogens with zero attached hydrogens (tertiary/aromatic N) is 1. The molecule has 1 unspecified atom stereocenters. The van der Waals surface area contributed by atoms with Crippen molar-refractivity contribution in [1.29, 1.82) is 0 Å². The molecule has 0 aromatic heterocycles. The highest BCUT2D eigenvalue weighted by atomic mass is 32.1. The SMILES string of the molecule is COc1cc(C2NC(=S)N(C)C(C)=C2C(=O)c2ccccc2)ccc1O. The van der Waals surface area contributed by atoms with Crippen LogP contribution in [-0.2, 0) is 0 Å². The first-order valence-electron chi connectivity index (χ1n) is 8.15. The fraction of sp³-hybridized carbons (Fsp3) is 0.200. The second-order valence-electron chi connectivity index (χ2n) is 6.07. The molecule has 2 aromatic rings. The van der Waals surface area contributed by atoms with Crippen LogP contribution < -0.4 is 10.1 Å². The van der Waals surface area contributed by atoms with Crippen LogP contribution in [0.2, 0.25) is 0 Å². The Morgan fingerprint density at radius 3 is 2.58 bits per heavy atom. The number of rotatable bonds is 4. The highest BCUT2D eigenvalue weighted by Gasteiger charge is 2.33. The summed E-state index contributed by atoms with van der Waals surface area (Å²) in [6, 6.07) is 13.7. The van der Waals surface area contributed by atoms with Gasteiger partial charge in [-0.3, -0.25) is 4.79 Å². The van der Waals surface area contributed by atoms with Gasteiger partial charge in [0.1, 0.15) is 0 Å². The van der Waals surface area contributed by atoms with Crippen LogP contribution in [0.1, 0.15) is 28.9 Å². The third-order valence-electron chi connectivity index (χ3n) is 4.57. The lowest BCUT2D eigenvalue weighted by Gasteiger charge is -2.36. The standard InChI is InChI=1S/C20H20N2O3S/c1-12-17(19(24)13-7-5-4-6-8-13)18(21-20(26)22(12)2)14-9-10-15(23)16(11-14)25-3/h4-11,18,23H,1-3H3,(H,21,26). The van der Waals surface area contributed by atoms with Crippen molar-refractivity contribution >= 4 is 23.1 Å². The number of methoxy groups -OCH3 is 1. The maximum atomic E-state index is 13.2. The fourth-order valence-electron chi connectivity index (χ4n) is 3.00. The zero-order valence-electron chi connectivity index (χ0n) is 14.8. The molecule has 2 N–H and O–H groups in total. The summed E-state index contributed by atoms with van der Waals surface area (Å²) in [5.41, 5.74) is 2.80. The number of phenolic OH excluding ortho intramolecular Hbond substituents is 1. The summed E-state index contributed by atoms with van der Waals surface area (Å²) < 4.78 is 5.21. The lowest BCUT2D eigenvalue weighted by molar-refractivity contribution is 0.102. The summed E-state index contributed by atoms with van der Waals surface area (Å²) in [6.45, 7) is 1.88. The van der Waals surface area contributed by atoms with Crippen LogP contribution in [0, 0.1) is 0 Å². The van der Waals surface area contributed by atoms with E-state index >= 15 is 0 Å². The minimum Gasteiger partial charge on any atom is -0.504 e. The largest absolute Gasteiger partial charge is 0.504 e. The minimum atomic E-state index is -0.430. The number of phenols is 1. The molecular weight excluding hydrogens is 348 g/mol. The van der Waals surface area contributed by atoms with Crippen molar-refractivity contribution in [1.82, 2.24) is 10.2 Å². The van der Waals surface area contributed by atoms with Crippen LogP contribution in [-0.4, -0.2) is 35.1 Å². The molecule has 0 spiro atoms. The number of thiocarbonyl (C=S) groups is 1. The molecule has 6 heteroatoms. The third-order valence-corrected chi connectivity index (χ3v) is 4.96. The quantitative estimate of drug-likeness (QED) is 0.637. The van der Waals surface area contributed by atoms with Crippen molar-refractivity contribution in [2.24, 2.45) is 0 Å². The Balaban J connectivity index is 2.13. The molecule has 0 saturated carbocycles. The van der Waals surface area contributed by atoms with E-state index in [0.717, 1.165) is 11.3 Å². The minimum absolute atomic E-state index is 0.0448. The predicted octanol–water partition coefficient (Wildman–Crippen LogP) is 3.42. The number of benzene rings is 2. The number of ether oxygens (including phenoxy) is 1. The van der Waals surface area contributed by atoms with Gasteiger partial charge in [-0.15, -0.1) is 0 Å². The molecule has 3 rings (SSSR count). The molecule has 1 atom stereocenters. The molecular formula is C20H20N2O3S. The number of aromatic hydroxyl groups is 1. The molecule has 0 saturated heterocycles. The lowest BCUT2D eigenvalue weighted by Crippen LogP contribution is -2.45. The van der Waals surface area contributed by atoms with E-state index in [0.29, 0.717) is 22.0 Å². The van der Waals surface area contributed by atoms with Gasteiger partial charge in [0, 0.05) is 23.9 Å². The second-order valence-corrected chi connectivity index (χ2v) is 6.45. The molecule has 0 radical (unpaired) electrons. The van der Waals surface area contributed by atoms with Gasteiger partial charge in [0.15, 0.2) is 22.4 Å². The number of allylic oxidation sites excluding steroid dienone is 1. The van der Waals surface area contributed by atoms with Gasteiger partial charge in [0.05, 0.1) is 13.2 Å². The van der Waals surface area contributed by atoms with E-state index in [1.165, 1.54) is 7.11 Å². The van der Waals surface area contributed by atoms with Gasteiger partial charge in [-0.2, -0.15) is 0 Å². The molecule has 134 valence electrons. The lowest BCUT2D eigenvalue weighted by atomic mass is 9.89. The molecule has 1 aliphatic rings. The Morgan fingerprint density at radius 1 is 1.23 bits per heavy atom. The molecule has 1 heterocycles. The number of carbonyl (C=O) groups excluding carboxylic acids is 1. The maximum absolute atomic E-state index is 13.2. The number of carbonyl (C=O) groups is 1. The number of ketones is 1. The molecule has 26 heavy (non-hydrogen) atoms. The highest BCUT2D eigenvalue weighted by molar-refractivity contribution is 7.80. The summed E-state index contributed by atoms with van der Waals surface area (Å²) in [5.74, 6) is 0.323. The van der Waals surface area contributed by atoms with E-state index < -0.39 is 6.04 Å². The Kier molecular flexibility index (Phi) is 4.95. The fourth-order valence-corrected chi connectivity index (χ4v) is 3.25. The number of hydrogen-bond donors (Lipinski definition) is 2. The summed E-state index contributed by atoms with van der Waals surface area (Å²) in [7, 11) is 3.32. The molecule has 0 amide bonds. The van der Waals surface area contributed by atoms with E-state index in [9.17, 15) is 9.90 Å². The van der Waals surface area contributed by atoms with Gasteiger partial charge in [-0.1, -0.05) is 36.4 Å². The van der Waals surface area contributed by atoms with Crippen LogP contribution in [0.5, 0.6) is 11.5 Å². The van der Waals surface area contributed by atoms with E-state index in [-0.39, 0.29) is 11.5 Å². The Hall–Kier alpha value is -2.86. The van der Waals surface area contributed by atoms with Crippen molar-refractivity contribution in [3.8, 4) is 11.5 Å². The molecule has 0 aliphatic carbocycles. The average Bonchev–Trinajstić information content (AvgIpc) is 2.66. The van der Waals surface area contributed by atoms with Gasteiger partial charge in [-0.25, -0.2) is 0 Å². The van der Waals surface area contributed by atoms with E-state index in [1.807, 2.05) is 32.2 Å². The molecule has 2 aromatic carbocycles. The number of hydrogen-bond acceptors (Lipinski definition) is 4. The van der Waals surface area contributed by atoms with Gasteiger partial charge >= 0.3 is 0 Å². The van der Waals surface area contributed by atoms with Crippen molar-refractivity contribution in [2.45, 2.75) is 13.0 Å². The zero-order valence-corrected chi connectivity index (χ0v) is 15.6. The maximum Gasteiger partial charge on any atom is 0.193 e. The monoisotopic (exact) mass is 368 g/mol. The third kappa shape index (κ3) is 3.15. The smallest absolute Gasteiger partial charge is 0.193 e. The molecule has 1 aliphatic heterocycles. The van der Waals surface area contributed by atoms with Crippen LogP contribution in [0.4, 0.5) is 0 Å². The van der Waals surface area contributed by atoms with Gasteiger partial charge in [-0.05, 0) is 36.8 Å². The molecule has 0 fully saturated rings. The predicted molar refractivity (Wildman–Crippen MR) is 104 cm³/mol. The van der Waals surface area contributed by atoms with Crippen LogP contribution in [0.3, 0.4) is 0 Å². The first kappa shape index (κ1) is 17.9. The van der Waals surface area contributed by atoms with E-state index in [1.54, 1.807) is 35.2 Å².